The Kier molecular flexibility index (Phi) is 3.33. The van der Waals surface area contributed by atoms with Crippen LogP contribution in [0.5, 0.6) is 0 Å². The summed E-state index contributed by atoms with van der Waals surface area (Å²) >= 11 is 0. The molecule has 3 rings (SSSR count). The van der Waals surface area contributed by atoms with Crippen molar-refractivity contribution in [2.24, 2.45) is 10.7 Å². The molecule has 1 heterocycles. The Bertz CT molecular complexity index is 695. The minimum Gasteiger partial charge on any atom is -0.369 e. The van der Waals surface area contributed by atoms with Crippen molar-refractivity contribution in [3.63, 3.8) is 0 Å². The quantitative estimate of drug-likeness (QED) is 0.922. The molecule has 1 aliphatic heterocycles. The highest BCUT2D eigenvalue weighted by molar-refractivity contribution is 5.97. The number of anilines is 1. The number of rotatable bonds is 2. The molecule has 1 atom stereocenters. The average molecular weight is 287 g/mol. The van der Waals surface area contributed by atoms with Crippen molar-refractivity contribution in [1.82, 2.24) is 0 Å². The lowest BCUT2D eigenvalue weighted by atomic mass is 10.0. The van der Waals surface area contributed by atoms with Gasteiger partial charge < -0.3 is 10.6 Å². The lowest BCUT2D eigenvalue weighted by molar-refractivity contribution is 0.588. The van der Waals surface area contributed by atoms with Crippen molar-refractivity contribution in [2.75, 3.05) is 11.4 Å². The number of hydrogen-bond donors (Lipinski definition) is 1. The first kappa shape index (κ1) is 13.5. The summed E-state index contributed by atoms with van der Waals surface area (Å²) in [5.74, 6) is -0.304. The number of aryl methyl sites for hydroxylation is 1. The van der Waals surface area contributed by atoms with Crippen LogP contribution in [0.4, 0.5) is 14.5 Å². The average Bonchev–Trinajstić information content (AvgIpc) is 2.84. The van der Waals surface area contributed by atoms with Gasteiger partial charge in [0.05, 0.1) is 12.6 Å². The van der Waals surface area contributed by atoms with Gasteiger partial charge in [0.15, 0.2) is 5.96 Å². The first-order valence-corrected chi connectivity index (χ1v) is 6.67. The Morgan fingerprint density at radius 1 is 1.14 bits per heavy atom. The SMILES string of the molecule is Cc1ccc(F)c(C2CN=C(N)N2c2ccc(F)cc2)c1. The topological polar surface area (TPSA) is 41.6 Å². The summed E-state index contributed by atoms with van der Waals surface area (Å²) in [6.45, 7) is 2.29. The maximum atomic E-state index is 14.1. The smallest absolute Gasteiger partial charge is 0.196 e. The Balaban J connectivity index is 2.02. The van der Waals surface area contributed by atoms with E-state index in [0.29, 0.717) is 23.8 Å². The molecule has 0 radical (unpaired) electrons. The standard InChI is InChI=1S/C16H15F2N3/c1-10-2-7-14(18)13(8-10)15-9-20-16(19)21(15)12-5-3-11(17)4-6-12/h2-8,15H,9H2,1H3,(H2,19,20). The molecule has 0 saturated heterocycles. The molecular formula is C16H15F2N3. The Hall–Kier alpha value is -2.43. The van der Waals surface area contributed by atoms with Crippen LogP contribution in [0.1, 0.15) is 17.2 Å². The normalized spacial score (nSPS) is 18.0. The molecular weight excluding hydrogens is 272 g/mol. The maximum absolute atomic E-state index is 14.1. The van der Waals surface area contributed by atoms with Crippen LogP contribution >= 0.6 is 0 Å². The first-order valence-electron chi connectivity index (χ1n) is 6.67. The third-order valence-corrected chi connectivity index (χ3v) is 3.60. The fourth-order valence-electron chi connectivity index (χ4n) is 2.57. The molecule has 0 aliphatic carbocycles. The van der Waals surface area contributed by atoms with Crippen molar-refractivity contribution in [1.29, 1.82) is 0 Å². The number of aliphatic imine (C=N–C) groups is 1. The molecule has 21 heavy (non-hydrogen) atoms. The van der Waals surface area contributed by atoms with Crippen molar-refractivity contribution < 1.29 is 8.78 Å². The van der Waals surface area contributed by atoms with Crippen molar-refractivity contribution in [3.05, 3.63) is 65.2 Å². The van der Waals surface area contributed by atoms with Crippen molar-refractivity contribution in [3.8, 4) is 0 Å². The van der Waals surface area contributed by atoms with Crippen molar-refractivity contribution >= 4 is 11.6 Å². The molecule has 0 aromatic heterocycles. The predicted molar refractivity (Wildman–Crippen MR) is 79.2 cm³/mol. The van der Waals surface area contributed by atoms with E-state index in [9.17, 15) is 8.78 Å². The van der Waals surface area contributed by atoms with Crippen LogP contribution in [0.2, 0.25) is 0 Å². The number of nitrogens with zero attached hydrogens (tertiary/aromatic N) is 2. The summed E-state index contributed by atoms with van der Waals surface area (Å²) in [5, 5.41) is 0. The van der Waals surface area contributed by atoms with Gasteiger partial charge in [-0.05, 0) is 37.3 Å². The van der Waals surface area contributed by atoms with Crippen LogP contribution in [-0.4, -0.2) is 12.5 Å². The number of benzene rings is 2. The zero-order valence-corrected chi connectivity index (χ0v) is 11.6. The van der Waals surface area contributed by atoms with E-state index in [0.717, 1.165) is 5.56 Å². The van der Waals surface area contributed by atoms with Crippen LogP contribution in [0.25, 0.3) is 0 Å². The number of nitrogens with two attached hydrogens (primary N) is 1. The van der Waals surface area contributed by atoms with Crippen molar-refractivity contribution in [2.45, 2.75) is 13.0 Å². The number of guanidine groups is 1. The first-order chi connectivity index (χ1) is 10.1. The predicted octanol–water partition coefficient (Wildman–Crippen LogP) is 3.15. The lowest BCUT2D eigenvalue weighted by Gasteiger charge is -2.27. The fraction of sp³-hybridized carbons (Fsp3) is 0.188. The van der Waals surface area contributed by atoms with Crippen LogP contribution < -0.4 is 10.6 Å². The molecule has 2 aromatic rings. The molecule has 5 heteroatoms. The van der Waals surface area contributed by atoms with E-state index < -0.39 is 0 Å². The van der Waals surface area contributed by atoms with Crippen LogP contribution in [0.3, 0.4) is 0 Å². The van der Waals surface area contributed by atoms with Gasteiger partial charge >= 0.3 is 0 Å². The van der Waals surface area contributed by atoms with Gasteiger partial charge in [0.25, 0.3) is 0 Å². The molecule has 0 spiro atoms. The second-order valence-corrected chi connectivity index (χ2v) is 5.09. The highest BCUT2D eigenvalue weighted by Gasteiger charge is 2.30. The second-order valence-electron chi connectivity index (χ2n) is 5.09. The van der Waals surface area contributed by atoms with E-state index in [1.165, 1.54) is 18.2 Å². The van der Waals surface area contributed by atoms with Gasteiger partial charge in [-0.15, -0.1) is 0 Å². The molecule has 2 aromatic carbocycles. The van der Waals surface area contributed by atoms with E-state index in [1.54, 1.807) is 29.2 Å². The Labute approximate surface area is 121 Å². The molecule has 108 valence electrons. The van der Waals surface area contributed by atoms with E-state index in [2.05, 4.69) is 4.99 Å². The molecule has 0 amide bonds. The van der Waals surface area contributed by atoms with E-state index in [-0.39, 0.29) is 17.7 Å². The largest absolute Gasteiger partial charge is 0.369 e. The third kappa shape index (κ3) is 2.46. The van der Waals surface area contributed by atoms with E-state index in [1.807, 2.05) is 6.92 Å². The minimum absolute atomic E-state index is 0.289. The molecule has 0 saturated carbocycles. The highest BCUT2D eigenvalue weighted by Crippen LogP contribution is 2.32. The minimum atomic E-state index is -0.327. The Morgan fingerprint density at radius 3 is 2.57 bits per heavy atom. The molecule has 1 aliphatic rings. The number of halogens is 2. The second kappa shape index (κ2) is 5.16. The zero-order valence-electron chi connectivity index (χ0n) is 11.6. The summed E-state index contributed by atoms with van der Waals surface area (Å²) in [4.78, 5) is 5.94. The summed E-state index contributed by atoms with van der Waals surface area (Å²) < 4.78 is 27.2. The molecule has 1 unspecified atom stereocenters. The third-order valence-electron chi connectivity index (χ3n) is 3.60. The van der Waals surface area contributed by atoms with Gasteiger partial charge in [-0.2, -0.15) is 0 Å². The Morgan fingerprint density at radius 2 is 1.86 bits per heavy atom. The van der Waals surface area contributed by atoms with Gasteiger partial charge in [0.1, 0.15) is 11.6 Å². The van der Waals surface area contributed by atoms with Gasteiger partial charge in [-0.1, -0.05) is 17.7 Å². The molecule has 0 bridgehead atoms. The van der Waals surface area contributed by atoms with Gasteiger partial charge in [-0.25, -0.2) is 8.78 Å². The van der Waals surface area contributed by atoms with Gasteiger partial charge in [-0.3, -0.25) is 4.99 Å². The van der Waals surface area contributed by atoms with Crippen LogP contribution in [-0.2, 0) is 0 Å². The van der Waals surface area contributed by atoms with Crippen LogP contribution in [0.15, 0.2) is 47.5 Å². The zero-order chi connectivity index (χ0) is 15.0. The monoisotopic (exact) mass is 287 g/mol. The highest BCUT2D eigenvalue weighted by atomic mass is 19.1. The molecule has 0 fully saturated rings. The van der Waals surface area contributed by atoms with Gasteiger partial charge in [0, 0.05) is 11.3 Å². The maximum Gasteiger partial charge on any atom is 0.196 e. The lowest BCUT2D eigenvalue weighted by Crippen LogP contribution is -2.36. The summed E-state index contributed by atoms with van der Waals surface area (Å²) in [6.07, 6.45) is 0. The van der Waals surface area contributed by atoms with E-state index >= 15 is 0 Å². The van der Waals surface area contributed by atoms with Gasteiger partial charge in [0.2, 0.25) is 0 Å². The molecule has 3 nitrogen and oxygen atoms in total. The van der Waals surface area contributed by atoms with Crippen LogP contribution in [0, 0.1) is 18.6 Å². The summed E-state index contributed by atoms with van der Waals surface area (Å²) in [6, 6.07) is 10.6. The molecule has 2 N–H and O–H groups in total. The number of hydrogen-bond acceptors (Lipinski definition) is 3. The van der Waals surface area contributed by atoms with E-state index in [4.69, 9.17) is 5.73 Å². The fourth-order valence-corrected chi connectivity index (χ4v) is 2.57. The summed E-state index contributed by atoms with van der Waals surface area (Å²) in [7, 11) is 0. The summed E-state index contributed by atoms with van der Waals surface area (Å²) in [5.41, 5.74) is 8.13.